The van der Waals surface area contributed by atoms with Crippen molar-refractivity contribution in [1.29, 1.82) is 0 Å². The minimum Gasteiger partial charge on any atom is -0.329 e. The Labute approximate surface area is 93.4 Å². The van der Waals surface area contributed by atoms with Gasteiger partial charge in [-0.05, 0) is 20.3 Å². The molecule has 0 aromatic heterocycles. The lowest BCUT2D eigenvalue weighted by Crippen LogP contribution is -2.53. The molecule has 0 aliphatic carbocycles. The van der Waals surface area contributed by atoms with Crippen molar-refractivity contribution < 1.29 is 0 Å². The lowest BCUT2D eigenvalue weighted by Gasteiger charge is -2.30. The lowest BCUT2D eigenvalue weighted by atomic mass is 9.99. The van der Waals surface area contributed by atoms with Crippen LogP contribution in [0.5, 0.6) is 0 Å². The van der Waals surface area contributed by atoms with Gasteiger partial charge in [0.25, 0.3) is 0 Å². The van der Waals surface area contributed by atoms with Crippen molar-refractivity contribution in [3.05, 3.63) is 0 Å². The largest absolute Gasteiger partial charge is 0.329 e. The molecule has 1 saturated heterocycles. The van der Waals surface area contributed by atoms with E-state index >= 15 is 0 Å². The first kappa shape index (κ1) is 12.5. The van der Waals surface area contributed by atoms with Gasteiger partial charge in [0.15, 0.2) is 0 Å². The van der Waals surface area contributed by atoms with Crippen LogP contribution in [0.15, 0.2) is 0 Å². The van der Waals surface area contributed by atoms with Crippen molar-refractivity contribution in [1.82, 2.24) is 10.2 Å². The molecular formula is C12H23N3. The third kappa shape index (κ3) is 3.20. The summed E-state index contributed by atoms with van der Waals surface area (Å²) in [5.74, 6) is 2.65. The quantitative estimate of drug-likeness (QED) is 0.509. The number of hydrogen-bond donors (Lipinski definition) is 2. The number of rotatable bonds is 5. The number of terminal acetylenes is 1. The van der Waals surface area contributed by atoms with Crippen molar-refractivity contribution in [2.75, 3.05) is 26.2 Å². The van der Waals surface area contributed by atoms with Crippen molar-refractivity contribution in [3.8, 4) is 12.3 Å². The molecule has 3 nitrogen and oxygen atoms in total. The Kier molecular flexibility index (Phi) is 4.59. The van der Waals surface area contributed by atoms with Crippen molar-refractivity contribution in [2.24, 2.45) is 5.73 Å². The Hall–Kier alpha value is -0.560. The van der Waals surface area contributed by atoms with Gasteiger partial charge in [-0.1, -0.05) is 0 Å². The second kappa shape index (κ2) is 5.50. The summed E-state index contributed by atoms with van der Waals surface area (Å²) in [6.07, 6.45) is 7.15. The molecule has 0 spiro atoms. The highest BCUT2D eigenvalue weighted by Gasteiger charge is 2.36. The summed E-state index contributed by atoms with van der Waals surface area (Å²) < 4.78 is 0. The van der Waals surface area contributed by atoms with E-state index in [4.69, 9.17) is 12.2 Å². The van der Waals surface area contributed by atoms with Gasteiger partial charge >= 0.3 is 0 Å². The van der Waals surface area contributed by atoms with E-state index in [1.807, 2.05) is 0 Å². The summed E-state index contributed by atoms with van der Waals surface area (Å²) in [7, 11) is 0. The minimum atomic E-state index is 0.0983. The highest BCUT2D eigenvalue weighted by molar-refractivity contribution is 4.99. The third-order valence-electron chi connectivity index (χ3n) is 3.27. The molecule has 0 saturated carbocycles. The van der Waals surface area contributed by atoms with Crippen molar-refractivity contribution in [3.63, 3.8) is 0 Å². The summed E-state index contributed by atoms with van der Waals surface area (Å²) in [6, 6.07) is 0.604. The maximum Gasteiger partial charge on any atom is 0.0445 e. The van der Waals surface area contributed by atoms with Crippen LogP contribution < -0.4 is 11.1 Å². The summed E-state index contributed by atoms with van der Waals surface area (Å²) in [5, 5.41) is 3.52. The van der Waals surface area contributed by atoms with Crippen LogP contribution in [0.3, 0.4) is 0 Å². The van der Waals surface area contributed by atoms with Crippen LogP contribution in [0.25, 0.3) is 0 Å². The molecule has 1 fully saturated rings. The fourth-order valence-corrected chi connectivity index (χ4v) is 2.13. The molecule has 1 heterocycles. The van der Waals surface area contributed by atoms with E-state index in [0.29, 0.717) is 12.6 Å². The van der Waals surface area contributed by atoms with E-state index in [2.05, 4.69) is 30.0 Å². The first-order valence-corrected chi connectivity index (χ1v) is 5.76. The number of likely N-dealkylation sites (tertiary alicyclic amines) is 1. The molecule has 15 heavy (non-hydrogen) atoms. The molecule has 1 rings (SSSR count). The smallest absolute Gasteiger partial charge is 0.0445 e. The monoisotopic (exact) mass is 209 g/mol. The Morgan fingerprint density at radius 2 is 2.33 bits per heavy atom. The topological polar surface area (TPSA) is 41.3 Å². The first-order chi connectivity index (χ1) is 7.13. The molecule has 3 heteroatoms. The van der Waals surface area contributed by atoms with Crippen LogP contribution in [0.1, 0.15) is 26.7 Å². The normalized spacial score (nSPS) is 27.1. The van der Waals surface area contributed by atoms with Gasteiger partial charge in [0.1, 0.15) is 0 Å². The Balaban J connectivity index is 2.46. The van der Waals surface area contributed by atoms with E-state index in [1.165, 1.54) is 0 Å². The van der Waals surface area contributed by atoms with Gasteiger partial charge in [-0.15, -0.1) is 12.3 Å². The fraction of sp³-hybridized carbons (Fsp3) is 0.833. The van der Waals surface area contributed by atoms with Crippen LogP contribution in [-0.4, -0.2) is 42.7 Å². The number of nitrogens with zero attached hydrogens (tertiary/aromatic N) is 1. The molecule has 1 aliphatic heterocycles. The average Bonchev–Trinajstić information content (AvgIpc) is 2.64. The van der Waals surface area contributed by atoms with Gasteiger partial charge in [-0.2, -0.15) is 0 Å². The maximum atomic E-state index is 5.87. The lowest BCUT2D eigenvalue weighted by molar-refractivity contribution is 0.242. The van der Waals surface area contributed by atoms with E-state index in [1.54, 1.807) is 0 Å². The van der Waals surface area contributed by atoms with E-state index in [9.17, 15) is 0 Å². The molecule has 3 N–H and O–H groups in total. The van der Waals surface area contributed by atoms with Crippen LogP contribution in [0.4, 0.5) is 0 Å². The van der Waals surface area contributed by atoms with Gasteiger partial charge in [0, 0.05) is 44.2 Å². The second-order valence-electron chi connectivity index (χ2n) is 4.68. The second-order valence-corrected chi connectivity index (χ2v) is 4.68. The zero-order valence-corrected chi connectivity index (χ0v) is 9.92. The molecule has 1 unspecified atom stereocenters. The zero-order valence-electron chi connectivity index (χ0n) is 9.92. The third-order valence-corrected chi connectivity index (χ3v) is 3.27. The molecule has 1 atom stereocenters. The standard InChI is InChI=1S/C12H23N3/c1-4-5-7-14-12(9-13)6-8-15(10-12)11(2)3/h1,11,14H,5-10,13H2,2-3H3. The molecule has 0 aromatic carbocycles. The molecule has 0 bridgehead atoms. The molecule has 0 aromatic rings. The molecule has 0 amide bonds. The Morgan fingerprint density at radius 3 is 2.80 bits per heavy atom. The summed E-state index contributed by atoms with van der Waals surface area (Å²) >= 11 is 0. The van der Waals surface area contributed by atoms with Crippen LogP contribution in [-0.2, 0) is 0 Å². The highest BCUT2D eigenvalue weighted by Crippen LogP contribution is 2.22. The van der Waals surface area contributed by atoms with Crippen molar-refractivity contribution in [2.45, 2.75) is 38.3 Å². The van der Waals surface area contributed by atoms with E-state index in [-0.39, 0.29) is 5.54 Å². The Morgan fingerprint density at radius 1 is 1.60 bits per heavy atom. The molecule has 1 aliphatic rings. The molecule has 0 radical (unpaired) electrons. The van der Waals surface area contributed by atoms with Gasteiger partial charge in [-0.3, -0.25) is 4.90 Å². The predicted octanol–water partition coefficient (Wildman–Crippen LogP) is 0.411. The van der Waals surface area contributed by atoms with Crippen LogP contribution in [0.2, 0.25) is 0 Å². The van der Waals surface area contributed by atoms with Crippen LogP contribution >= 0.6 is 0 Å². The summed E-state index contributed by atoms with van der Waals surface area (Å²) in [4.78, 5) is 2.47. The average molecular weight is 209 g/mol. The van der Waals surface area contributed by atoms with Crippen LogP contribution in [0, 0.1) is 12.3 Å². The molecule has 86 valence electrons. The van der Waals surface area contributed by atoms with E-state index < -0.39 is 0 Å². The van der Waals surface area contributed by atoms with Crippen molar-refractivity contribution >= 4 is 0 Å². The van der Waals surface area contributed by atoms with Gasteiger partial charge in [0.2, 0.25) is 0 Å². The molecular weight excluding hydrogens is 186 g/mol. The number of nitrogens with two attached hydrogens (primary N) is 1. The SMILES string of the molecule is C#CCCNC1(CN)CCN(C(C)C)C1. The first-order valence-electron chi connectivity index (χ1n) is 5.76. The summed E-state index contributed by atoms with van der Waals surface area (Å²) in [5.41, 5.74) is 5.97. The minimum absolute atomic E-state index is 0.0983. The zero-order chi connectivity index (χ0) is 11.3. The summed E-state index contributed by atoms with van der Waals surface area (Å²) in [6.45, 7) is 8.21. The van der Waals surface area contributed by atoms with E-state index in [0.717, 1.165) is 32.5 Å². The maximum absolute atomic E-state index is 5.87. The predicted molar refractivity (Wildman–Crippen MR) is 64.6 cm³/mol. The number of hydrogen-bond acceptors (Lipinski definition) is 3. The Bertz CT molecular complexity index is 232. The fourth-order valence-electron chi connectivity index (χ4n) is 2.13. The number of nitrogens with one attached hydrogen (secondary N) is 1. The van der Waals surface area contributed by atoms with Gasteiger partial charge in [0.05, 0.1) is 0 Å². The van der Waals surface area contributed by atoms with Gasteiger partial charge < -0.3 is 11.1 Å². The van der Waals surface area contributed by atoms with Gasteiger partial charge in [-0.25, -0.2) is 0 Å². The highest BCUT2D eigenvalue weighted by atomic mass is 15.2.